The van der Waals surface area contributed by atoms with Gasteiger partial charge in [-0.25, -0.2) is 4.98 Å². The van der Waals surface area contributed by atoms with Crippen molar-refractivity contribution in [2.24, 2.45) is 5.92 Å². The molecule has 0 aromatic carbocycles. The number of rotatable bonds is 5. The zero-order chi connectivity index (χ0) is 12.8. The number of nitriles is 1. The van der Waals surface area contributed by atoms with Crippen molar-refractivity contribution in [2.45, 2.75) is 39.7 Å². The van der Waals surface area contributed by atoms with Crippen LogP contribution >= 0.6 is 11.3 Å². The van der Waals surface area contributed by atoms with Crippen LogP contribution in [0.15, 0.2) is 5.38 Å². The van der Waals surface area contributed by atoms with E-state index in [-0.39, 0.29) is 11.9 Å². The molecule has 0 bridgehead atoms. The van der Waals surface area contributed by atoms with Crippen LogP contribution in [0.4, 0.5) is 0 Å². The number of carbonyl (C=O) groups is 1. The molecule has 5 heteroatoms. The molecular formula is C12H17N3OS. The zero-order valence-corrected chi connectivity index (χ0v) is 11.2. The van der Waals surface area contributed by atoms with Crippen LogP contribution in [-0.4, -0.2) is 10.9 Å². The van der Waals surface area contributed by atoms with E-state index in [9.17, 15) is 4.79 Å². The van der Waals surface area contributed by atoms with Crippen LogP contribution < -0.4 is 5.32 Å². The summed E-state index contributed by atoms with van der Waals surface area (Å²) in [5.74, 6) is -0.752. The molecule has 1 N–H and O–H groups in total. The molecule has 2 unspecified atom stereocenters. The molecule has 0 spiro atoms. The number of carbonyl (C=O) groups excluding carboxylic acids is 1. The summed E-state index contributed by atoms with van der Waals surface area (Å²) in [6.45, 7) is 5.77. The Bertz CT molecular complexity index is 422. The van der Waals surface area contributed by atoms with Gasteiger partial charge in [-0.05, 0) is 20.3 Å². The van der Waals surface area contributed by atoms with Gasteiger partial charge in [0.2, 0.25) is 5.91 Å². The van der Waals surface area contributed by atoms with Gasteiger partial charge in [0.1, 0.15) is 10.9 Å². The molecule has 2 atom stereocenters. The van der Waals surface area contributed by atoms with Gasteiger partial charge in [-0.2, -0.15) is 5.26 Å². The summed E-state index contributed by atoms with van der Waals surface area (Å²) in [6, 6.07) is 1.91. The molecule has 0 aliphatic rings. The minimum absolute atomic E-state index is 0.131. The number of hydrogen-bond acceptors (Lipinski definition) is 4. The normalized spacial score (nSPS) is 13.8. The maximum absolute atomic E-state index is 11.8. The standard InChI is InChI=1S/C12H17N3OS/c1-4-5-10(6-13)11(16)15-9(3)12-14-8(2)7-17-12/h7,9-10H,4-5H2,1-3H3,(H,15,16). The van der Waals surface area contributed by atoms with Crippen molar-refractivity contribution < 1.29 is 4.79 Å². The average molecular weight is 251 g/mol. The molecule has 92 valence electrons. The molecular weight excluding hydrogens is 234 g/mol. The Morgan fingerprint density at radius 1 is 1.71 bits per heavy atom. The van der Waals surface area contributed by atoms with Gasteiger partial charge in [-0.1, -0.05) is 13.3 Å². The minimum Gasteiger partial charge on any atom is -0.346 e. The first-order valence-corrected chi connectivity index (χ1v) is 6.58. The van der Waals surface area contributed by atoms with Crippen LogP contribution in [0.3, 0.4) is 0 Å². The molecule has 0 radical (unpaired) electrons. The summed E-state index contributed by atoms with van der Waals surface area (Å²) in [5.41, 5.74) is 0.955. The van der Waals surface area contributed by atoms with Gasteiger partial charge >= 0.3 is 0 Å². The van der Waals surface area contributed by atoms with Crippen molar-refractivity contribution in [3.8, 4) is 6.07 Å². The molecule has 1 aromatic rings. The van der Waals surface area contributed by atoms with Crippen molar-refractivity contribution in [3.05, 3.63) is 16.1 Å². The monoisotopic (exact) mass is 251 g/mol. The van der Waals surface area contributed by atoms with E-state index in [4.69, 9.17) is 5.26 Å². The topological polar surface area (TPSA) is 65.8 Å². The molecule has 1 rings (SSSR count). The second kappa shape index (κ2) is 6.36. The number of thiazole rings is 1. The Hall–Kier alpha value is -1.41. The molecule has 0 saturated carbocycles. The second-order valence-electron chi connectivity index (χ2n) is 4.03. The quantitative estimate of drug-likeness (QED) is 0.874. The Labute approximate surface area is 106 Å². The predicted octanol–water partition coefficient (Wildman–Crippen LogP) is 2.57. The van der Waals surface area contributed by atoms with E-state index in [0.29, 0.717) is 6.42 Å². The molecule has 1 amide bonds. The van der Waals surface area contributed by atoms with Gasteiger partial charge in [-0.15, -0.1) is 11.3 Å². The number of hydrogen-bond donors (Lipinski definition) is 1. The molecule has 0 saturated heterocycles. The third kappa shape index (κ3) is 3.82. The van der Waals surface area contributed by atoms with Gasteiger partial charge in [-0.3, -0.25) is 4.79 Å². The summed E-state index contributed by atoms with van der Waals surface area (Å²) >= 11 is 1.52. The first kappa shape index (κ1) is 13.7. The molecule has 1 heterocycles. The fourth-order valence-corrected chi connectivity index (χ4v) is 2.29. The Morgan fingerprint density at radius 3 is 2.88 bits per heavy atom. The predicted molar refractivity (Wildman–Crippen MR) is 67.4 cm³/mol. The largest absolute Gasteiger partial charge is 0.346 e. The Balaban J connectivity index is 2.59. The molecule has 1 aromatic heterocycles. The lowest BCUT2D eigenvalue weighted by molar-refractivity contribution is -0.124. The number of nitrogens with zero attached hydrogens (tertiary/aromatic N) is 2. The van der Waals surface area contributed by atoms with E-state index in [1.54, 1.807) is 0 Å². The fourth-order valence-electron chi connectivity index (χ4n) is 1.49. The van der Waals surface area contributed by atoms with E-state index in [1.807, 2.05) is 32.2 Å². The van der Waals surface area contributed by atoms with Gasteiger partial charge in [0, 0.05) is 11.1 Å². The van der Waals surface area contributed by atoms with Crippen molar-refractivity contribution in [1.29, 1.82) is 5.26 Å². The average Bonchev–Trinajstić information content (AvgIpc) is 2.72. The fraction of sp³-hybridized carbons (Fsp3) is 0.583. The molecule has 4 nitrogen and oxygen atoms in total. The van der Waals surface area contributed by atoms with E-state index in [0.717, 1.165) is 17.1 Å². The van der Waals surface area contributed by atoms with Crippen LogP contribution in [0.2, 0.25) is 0 Å². The van der Waals surface area contributed by atoms with Crippen molar-refractivity contribution >= 4 is 17.2 Å². The summed E-state index contributed by atoms with van der Waals surface area (Å²) in [5, 5.41) is 14.6. The van der Waals surface area contributed by atoms with Gasteiger partial charge < -0.3 is 5.32 Å². The maximum Gasteiger partial charge on any atom is 0.237 e. The highest BCUT2D eigenvalue weighted by atomic mass is 32.1. The minimum atomic E-state index is -0.552. The summed E-state index contributed by atoms with van der Waals surface area (Å²) in [6.07, 6.45) is 1.43. The maximum atomic E-state index is 11.8. The lowest BCUT2D eigenvalue weighted by Crippen LogP contribution is -2.32. The number of aryl methyl sites for hydroxylation is 1. The van der Waals surface area contributed by atoms with Crippen molar-refractivity contribution in [3.63, 3.8) is 0 Å². The van der Waals surface area contributed by atoms with E-state index in [2.05, 4.69) is 10.3 Å². The second-order valence-corrected chi connectivity index (χ2v) is 4.92. The van der Waals surface area contributed by atoms with Crippen LogP contribution in [0.5, 0.6) is 0 Å². The highest BCUT2D eigenvalue weighted by Gasteiger charge is 2.20. The van der Waals surface area contributed by atoms with Crippen molar-refractivity contribution in [1.82, 2.24) is 10.3 Å². The number of amides is 1. The van der Waals surface area contributed by atoms with Crippen LogP contribution in [-0.2, 0) is 4.79 Å². The third-order valence-electron chi connectivity index (χ3n) is 2.42. The molecule has 17 heavy (non-hydrogen) atoms. The highest BCUT2D eigenvalue weighted by molar-refractivity contribution is 7.09. The summed E-state index contributed by atoms with van der Waals surface area (Å²) < 4.78 is 0. The highest BCUT2D eigenvalue weighted by Crippen LogP contribution is 2.18. The summed E-state index contributed by atoms with van der Waals surface area (Å²) in [7, 11) is 0. The Morgan fingerprint density at radius 2 is 2.41 bits per heavy atom. The Kier molecular flexibility index (Phi) is 5.11. The first-order chi connectivity index (χ1) is 8.08. The SMILES string of the molecule is CCCC(C#N)C(=O)NC(C)c1nc(C)cs1. The van der Waals surface area contributed by atoms with Crippen LogP contribution in [0.1, 0.15) is 43.4 Å². The molecule has 0 aliphatic carbocycles. The zero-order valence-electron chi connectivity index (χ0n) is 10.4. The third-order valence-corrected chi connectivity index (χ3v) is 3.56. The van der Waals surface area contributed by atoms with E-state index >= 15 is 0 Å². The van der Waals surface area contributed by atoms with Gasteiger partial charge in [0.05, 0.1) is 12.1 Å². The number of aromatic nitrogens is 1. The number of nitrogens with one attached hydrogen (secondary N) is 1. The molecule has 0 fully saturated rings. The first-order valence-electron chi connectivity index (χ1n) is 5.70. The molecule has 0 aliphatic heterocycles. The van der Waals surface area contributed by atoms with Gasteiger partial charge in [0.25, 0.3) is 0 Å². The lowest BCUT2D eigenvalue weighted by Gasteiger charge is -2.13. The van der Waals surface area contributed by atoms with E-state index < -0.39 is 5.92 Å². The summed E-state index contributed by atoms with van der Waals surface area (Å²) in [4.78, 5) is 16.1. The van der Waals surface area contributed by atoms with Crippen LogP contribution in [0.25, 0.3) is 0 Å². The lowest BCUT2D eigenvalue weighted by atomic mass is 10.0. The smallest absolute Gasteiger partial charge is 0.237 e. The van der Waals surface area contributed by atoms with Crippen LogP contribution in [0, 0.1) is 24.2 Å². The van der Waals surface area contributed by atoms with Crippen molar-refractivity contribution in [2.75, 3.05) is 0 Å². The van der Waals surface area contributed by atoms with E-state index in [1.165, 1.54) is 11.3 Å². The van der Waals surface area contributed by atoms with Gasteiger partial charge in [0.15, 0.2) is 0 Å².